The number of carbonyl (C=O) groups excluding carboxylic acids is 1. The molecule has 4 heteroatoms. The van der Waals surface area contributed by atoms with E-state index in [2.05, 4.69) is 0 Å². The van der Waals surface area contributed by atoms with Crippen molar-refractivity contribution in [3.8, 4) is 0 Å². The normalized spacial score (nSPS) is 19.0. The van der Waals surface area contributed by atoms with Gasteiger partial charge in [0, 0.05) is 12.8 Å². The lowest BCUT2D eigenvalue weighted by molar-refractivity contribution is -0.146. The van der Waals surface area contributed by atoms with Crippen molar-refractivity contribution in [1.82, 2.24) is 0 Å². The molecule has 0 heterocycles. The van der Waals surface area contributed by atoms with Gasteiger partial charge in [-0.1, -0.05) is 12.1 Å². The van der Waals surface area contributed by atoms with Gasteiger partial charge in [-0.2, -0.15) is 0 Å². The first kappa shape index (κ1) is 11.8. The van der Waals surface area contributed by atoms with Gasteiger partial charge in [0.2, 0.25) is 0 Å². The van der Waals surface area contributed by atoms with E-state index < -0.39 is 17.2 Å². The number of carboxylic acid groups (broad SMARTS) is 1. The molecule has 1 aromatic carbocycles. The molecule has 0 aliphatic heterocycles. The van der Waals surface area contributed by atoms with Crippen molar-refractivity contribution in [2.24, 2.45) is 0 Å². The highest BCUT2D eigenvalue weighted by atomic mass is 19.1. The van der Waals surface area contributed by atoms with Crippen molar-refractivity contribution in [3.63, 3.8) is 0 Å². The first-order chi connectivity index (χ1) is 8.04. The average Bonchev–Trinajstić information content (AvgIpc) is 2.30. The number of carboxylic acids is 1. The van der Waals surface area contributed by atoms with Gasteiger partial charge < -0.3 is 5.11 Å². The molecule has 0 amide bonds. The Kier molecular flexibility index (Phi) is 2.96. The molecule has 0 aromatic heterocycles. The first-order valence-electron chi connectivity index (χ1n) is 5.56. The fraction of sp³-hybridized carbons (Fsp3) is 0.385. The number of hydrogen-bond donors (Lipinski definition) is 1. The third-order valence-corrected chi connectivity index (χ3v) is 3.45. The van der Waals surface area contributed by atoms with Crippen LogP contribution in [0.5, 0.6) is 0 Å². The molecule has 1 aliphatic carbocycles. The summed E-state index contributed by atoms with van der Waals surface area (Å²) in [5, 5.41) is 9.39. The van der Waals surface area contributed by atoms with E-state index in [0.29, 0.717) is 5.56 Å². The Morgan fingerprint density at radius 3 is 2.47 bits per heavy atom. The molecule has 2 rings (SSSR count). The molecule has 0 unspecified atom stereocenters. The zero-order valence-electron chi connectivity index (χ0n) is 9.28. The summed E-state index contributed by atoms with van der Waals surface area (Å²) in [5.74, 6) is -1.34. The van der Waals surface area contributed by atoms with Crippen molar-refractivity contribution in [1.29, 1.82) is 0 Å². The van der Waals surface area contributed by atoms with Gasteiger partial charge in [-0.25, -0.2) is 4.39 Å². The van der Waals surface area contributed by atoms with Crippen LogP contribution in [0.1, 0.15) is 31.2 Å². The summed E-state index contributed by atoms with van der Waals surface area (Å²) in [6.07, 6.45) is 1.01. The fourth-order valence-electron chi connectivity index (χ4n) is 2.37. The van der Waals surface area contributed by atoms with Crippen LogP contribution in [-0.4, -0.2) is 16.9 Å². The van der Waals surface area contributed by atoms with Crippen LogP contribution in [0.25, 0.3) is 0 Å². The van der Waals surface area contributed by atoms with Gasteiger partial charge >= 0.3 is 5.97 Å². The quantitative estimate of drug-likeness (QED) is 0.857. The van der Waals surface area contributed by atoms with E-state index in [1.807, 2.05) is 0 Å². The van der Waals surface area contributed by atoms with Gasteiger partial charge in [-0.05, 0) is 30.5 Å². The minimum Gasteiger partial charge on any atom is -0.481 e. The Balaban J connectivity index is 2.41. The summed E-state index contributed by atoms with van der Waals surface area (Å²) < 4.78 is 13.2. The number of rotatable bonds is 2. The standard InChI is InChI=1S/C13H13FO3/c14-10-3-1-2-9(8-10)13(12(16)17)6-4-11(15)5-7-13/h1-3,8H,4-7H2,(H,16,17). The van der Waals surface area contributed by atoms with Gasteiger partial charge in [0.15, 0.2) is 0 Å². The van der Waals surface area contributed by atoms with E-state index in [9.17, 15) is 19.1 Å². The summed E-state index contributed by atoms with van der Waals surface area (Å²) in [6.45, 7) is 0. The van der Waals surface area contributed by atoms with Crippen LogP contribution in [0.15, 0.2) is 24.3 Å². The zero-order valence-corrected chi connectivity index (χ0v) is 9.28. The van der Waals surface area contributed by atoms with Crippen molar-refractivity contribution >= 4 is 11.8 Å². The molecule has 0 saturated heterocycles. The lowest BCUT2D eigenvalue weighted by atomic mass is 9.69. The number of ketones is 1. The second-order valence-electron chi connectivity index (χ2n) is 4.44. The number of Topliss-reactive ketones (excluding diaryl/α,β-unsaturated/α-hetero) is 1. The van der Waals surface area contributed by atoms with E-state index in [-0.39, 0.29) is 31.5 Å². The minimum absolute atomic E-state index is 0.0817. The molecule has 90 valence electrons. The maximum absolute atomic E-state index is 13.2. The molecule has 0 atom stereocenters. The summed E-state index contributed by atoms with van der Waals surface area (Å²) in [6, 6.07) is 5.66. The SMILES string of the molecule is O=C1CCC(C(=O)O)(c2cccc(F)c2)CC1. The second-order valence-corrected chi connectivity index (χ2v) is 4.44. The molecular formula is C13H13FO3. The predicted octanol–water partition coefficient (Wildman–Crippen LogP) is 2.29. The maximum Gasteiger partial charge on any atom is 0.314 e. The van der Waals surface area contributed by atoms with Crippen molar-refractivity contribution in [2.75, 3.05) is 0 Å². The Bertz CT molecular complexity index is 457. The fourth-order valence-corrected chi connectivity index (χ4v) is 2.37. The second kappa shape index (κ2) is 4.28. The molecule has 1 saturated carbocycles. The van der Waals surface area contributed by atoms with E-state index >= 15 is 0 Å². The van der Waals surface area contributed by atoms with E-state index in [0.717, 1.165) is 0 Å². The molecule has 17 heavy (non-hydrogen) atoms. The highest BCUT2D eigenvalue weighted by molar-refractivity contribution is 5.87. The Hall–Kier alpha value is -1.71. The molecule has 0 bridgehead atoms. The average molecular weight is 236 g/mol. The van der Waals surface area contributed by atoms with Crippen LogP contribution in [0.4, 0.5) is 4.39 Å². The summed E-state index contributed by atoms with van der Waals surface area (Å²) in [7, 11) is 0. The van der Waals surface area contributed by atoms with Gasteiger partial charge in [-0.3, -0.25) is 9.59 Å². The van der Waals surface area contributed by atoms with Crippen molar-refractivity contribution in [2.45, 2.75) is 31.1 Å². The van der Waals surface area contributed by atoms with Crippen LogP contribution >= 0.6 is 0 Å². The lowest BCUT2D eigenvalue weighted by Crippen LogP contribution is -2.39. The monoisotopic (exact) mass is 236 g/mol. The van der Waals surface area contributed by atoms with Crippen LogP contribution < -0.4 is 0 Å². The summed E-state index contributed by atoms with van der Waals surface area (Å²) >= 11 is 0. The molecule has 1 aromatic rings. The third-order valence-electron chi connectivity index (χ3n) is 3.45. The lowest BCUT2D eigenvalue weighted by Gasteiger charge is -2.33. The van der Waals surface area contributed by atoms with E-state index in [1.165, 1.54) is 18.2 Å². The maximum atomic E-state index is 13.2. The Morgan fingerprint density at radius 1 is 1.29 bits per heavy atom. The van der Waals surface area contributed by atoms with Crippen LogP contribution in [-0.2, 0) is 15.0 Å². The number of aliphatic carboxylic acids is 1. The highest BCUT2D eigenvalue weighted by Gasteiger charge is 2.43. The van der Waals surface area contributed by atoms with Crippen molar-refractivity contribution < 1.29 is 19.1 Å². The molecule has 1 aliphatic rings. The molecule has 3 nitrogen and oxygen atoms in total. The molecule has 0 spiro atoms. The van der Waals surface area contributed by atoms with Crippen LogP contribution in [0.2, 0.25) is 0 Å². The molecule has 1 N–H and O–H groups in total. The van der Waals surface area contributed by atoms with E-state index in [1.54, 1.807) is 6.07 Å². The van der Waals surface area contributed by atoms with Gasteiger partial charge in [0.25, 0.3) is 0 Å². The first-order valence-corrected chi connectivity index (χ1v) is 5.56. The number of halogens is 1. The smallest absolute Gasteiger partial charge is 0.314 e. The largest absolute Gasteiger partial charge is 0.481 e. The summed E-state index contributed by atoms with van der Waals surface area (Å²) in [5.41, 5.74) is -0.645. The van der Waals surface area contributed by atoms with Gasteiger partial charge in [0.1, 0.15) is 11.6 Å². The zero-order chi connectivity index (χ0) is 12.5. The minimum atomic E-state index is -1.10. The topological polar surface area (TPSA) is 54.4 Å². The Labute approximate surface area is 98.3 Å². The molecular weight excluding hydrogens is 223 g/mol. The van der Waals surface area contributed by atoms with Gasteiger partial charge in [0.05, 0.1) is 5.41 Å². The van der Waals surface area contributed by atoms with E-state index in [4.69, 9.17) is 0 Å². The molecule has 1 fully saturated rings. The number of carbonyl (C=O) groups is 2. The number of hydrogen-bond acceptors (Lipinski definition) is 2. The summed E-state index contributed by atoms with van der Waals surface area (Å²) in [4.78, 5) is 22.7. The van der Waals surface area contributed by atoms with Crippen LogP contribution in [0, 0.1) is 5.82 Å². The van der Waals surface area contributed by atoms with Crippen LogP contribution in [0.3, 0.4) is 0 Å². The highest BCUT2D eigenvalue weighted by Crippen LogP contribution is 2.38. The predicted molar refractivity (Wildman–Crippen MR) is 59.2 cm³/mol. The molecule has 0 radical (unpaired) electrons. The van der Waals surface area contributed by atoms with Gasteiger partial charge in [-0.15, -0.1) is 0 Å². The Morgan fingerprint density at radius 2 is 1.94 bits per heavy atom. The third kappa shape index (κ3) is 2.07. The number of benzene rings is 1. The van der Waals surface area contributed by atoms with Crippen molar-refractivity contribution in [3.05, 3.63) is 35.6 Å².